The molecule has 2 rings (SSSR count). The third-order valence-corrected chi connectivity index (χ3v) is 3.46. The van der Waals surface area contributed by atoms with Gasteiger partial charge in [-0.3, -0.25) is 9.59 Å². The minimum atomic E-state index is -0.946. The Morgan fingerprint density at radius 3 is 2.77 bits per heavy atom. The van der Waals surface area contributed by atoms with Crippen molar-refractivity contribution in [3.05, 3.63) is 23.8 Å². The number of aliphatic carboxylic acids is 1. The second-order valence-corrected chi connectivity index (χ2v) is 4.88. The van der Waals surface area contributed by atoms with Crippen LogP contribution in [0.2, 0.25) is 0 Å². The number of amides is 1. The summed E-state index contributed by atoms with van der Waals surface area (Å²) < 4.78 is 15.8. The summed E-state index contributed by atoms with van der Waals surface area (Å²) >= 11 is 0. The summed E-state index contributed by atoms with van der Waals surface area (Å²) in [5, 5.41) is 8.84. The fourth-order valence-electron chi connectivity index (χ4n) is 2.45. The predicted octanol–water partition coefficient (Wildman–Crippen LogP) is 1.02. The van der Waals surface area contributed by atoms with E-state index in [4.69, 9.17) is 19.3 Å². The maximum atomic E-state index is 12.7. The average Bonchev–Trinajstić information content (AvgIpc) is 2.52. The van der Waals surface area contributed by atoms with E-state index >= 15 is 0 Å². The lowest BCUT2D eigenvalue weighted by molar-refractivity contribution is -0.141. The van der Waals surface area contributed by atoms with Gasteiger partial charge in [-0.15, -0.1) is 0 Å². The molecule has 1 saturated heterocycles. The number of ether oxygens (including phenoxy) is 3. The van der Waals surface area contributed by atoms with Gasteiger partial charge < -0.3 is 24.2 Å². The quantitative estimate of drug-likeness (QED) is 0.874. The van der Waals surface area contributed by atoms with E-state index in [9.17, 15) is 9.59 Å². The Labute approximate surface area is 128 Å². The molecule has 1 fully saturated rings. The molecule has 1 aliphatic heterocycles. The number of methoxy groups -OCH3 is 2. The van der Waals surface area contributed by atoms with Gasteiger partial charge in [-0.25, -0.2) is 0 Å². The molecule has 1 atom stereocenters. The van der Waals surface area contributed by atoms with Crippen molar-refractivity contribution in [2.45, 2.75) is 12.5 Å². The van der Waals surface area contributed by atoms with Crippen molar-refractivity contribution in [1.82, 2.24) is 4.90 Å². The molecule has 0 radical (unpaired) electrons. The average molecular weight is 309 g/mol. The molecular weight excluding hydrogens is 290 g/mol. The van der Waals surface area contributed by atoms with E-state index in [1.165, 1.54) is 14.2 Å². The summed E-state index contributed by atoms with van der Waals surface area (Å²) in [6.45, 7) is 0.969. The number of para-hydroxylation sites is 1. The topological polar surface area (TPSA) is 85.3 Å². The maximum absolute atomic E-state index is 12.7. The first-order valence-electron chi connectivity index (χ1n) is 6.90. The Balaban J connectivity index is 2.19. The number of carbonyl (C=O) groups excluding carboxylic acids is 1. The van der Waals surface area contributed by atoms with Crippen LogP contribution in [0.1, 0.15) is 16.8 Å². The minimum absolute atomic E-state index is 0.126. The van der Waals surface area contributed by atoms with Gasteiger partial charge in [0.25, 0.3) is 5.91 Å². The molecule has 7 heteroatoms. The molecule has 1 unspecified atom stereocenters. The molecule has 0 saturated carbocycles. The van der Waals surface area contributed by atoms with Crippen molar-refractivity contribution in [1.29, 1.82) is 0 Å². The van der Waals surface area contributed by atoms with Crippen LogP contribution in [-0.4, -0.2) is 61.9 Å². The van der Waals surface area contributed by atoms with E-state index < -0.39 is 12.1 Å². The summed E-state index contributed by atoms with van der Waals surface area (Å²) in [7, 11) is 2.98. The van der Waals surface area contributed by atoms with Crippen LogP contribution < -0.4 is 9.47 Å². The molecule has 7 nitrogen and oxygen atoms in total. The van der Waals surface area contributed by atoms with Crippen LogP contribution >= 0.6 is 0 Å². The zero-order chi connectivity index (χ0) is 16.1. The molecule has 120 valence electrons. The van der Waals surface area contributed by atoms with Gasteiger partial charge in [-0.05, 0) is 12.1 Å². The monoisotopic (exact) mass is 309 g/mol. The van der Waals surface area contributed by atoms with Crippen molar-refractivity contribution in [2.75, 3.05) is 33.9 Å². The van der Waals surface area contributed by atoms with Gasteiger partial charge in [0.2, 0.25) is 0 Å². The molecule has 1 amide bonds. The van der Waals surface area contributed by atoms with Crippen LogP contribution in [0.5, 0.6) is 11.5 Å². The smallest absolute Gasteiger partial charge is 0.306 e. The Hall–Kier alpha value is -2.28. The van der Waals surface area contributed by atoms with Gasteiger partial charge in [-0.2, -0.15) is 0 Å². The Morgan fingerprint density at radius 2 is 2.14 bits per heavy atom. The van der Waals surface area contributed by atoms with Crippen molar-refractivity contribution in [3.8, 4) is 11.5 Å². The second-order valence-electron chi connectivity index (χ2n) is 4.88. The first-order chi connectivity index (χ1) is 10.6. The fourth-order valence-corrected chi connectivity index (χ4v) is 2.45. The highest BCUT2D eigenvalue weighted by Crippen LogP contribution is 2.31. The van der Waals surface area contributed by atoms with Crippen molar-refractivity contribution in [3.63, 3.8) is 0 Å². The number of benzene rings is 1. The molecule has 1 aromatic carbocycles. The van der Waals surface area contributed by atoms with Crippen LogP contribution in [-0.2, 0) is 9.53 Å². The van der Waals surface area contributed by atoms with Crippen LogP contribution in [0.15, 0.2) is 18.2 Å². The van der Waals surface area contributed by atoms with Gasteiger partial charge in [0.05, 0.1) is 38.9 Å². The normalized spacial score (nSPS) is 17.9. The highest BCUT2D eigenvalue weighted by molar-refractivity contribution is 5.98. The number of nitrogens with zero attached hydrogens (tertiary/aromatic N) is 1. The third-order valence-electron chi connectivity index (χ3n) is 3.46. The van der Waals surface area contributed by atoms with Crippen LogP contribution in [0.25, 0.3) is 0 Å². The highest BCUT2D eigenvalue weighted by Gasteiger charge is 2.28. The van der Waals surface area contributed by atoms with E-state index in [0.717, 1.165) is 0 Å². The van der Waals surface area contributed by atoms with Crippen LogP contribution in [0, 0.1) is 0 Å². The fraction of sp³-hybridized carbons (Fsp3) is 0.467. The molecule has 1 aromatic rings. The van der Waals surface area contributed by atoms with E-state index in [0.29, 0.717) is 30.2 Å². The standard InChI is InChI=1S/C15H19NO6/c1-20-12-5-3-4-11(14(12)21-2)15(19)16-6-7-22-10(9-16)8-13(17)18/h3-5,10H,6-9H2,1-2H3,(H,17,18). The lowest BCUT2D eigenvalue weighted by Crippen LogP contribution is -2.46. The maximum Gasteiger partial charge on any atom is 0.306 e. The number of carboxylic acid groups (broad SMARTS) is 1. The summed E-state index contributed by atoms with van der Waals surface area (Å²) in [4.78, 5) is 25.0. The SMILES string of the molecule is COc1cccc(C(=O)N2CCOC(CC(=O)O)C2)c1OC. The number of carbonyl (C=O) groups is 2. The predicted molar refractivity (Wildman–Crippen MR) is 77.4 cm³/mol. The Bertz CT molecular complexity index is 559. The van der Waals surface area contributed by atoms with E-state index in [1.54, 1.807) is 23.1 Å². The molecule has 0 spiro atoms. The highest BCUT2D eigenvalue weighted by atomic mass is 16.5. The van der Waals surface area contributed by atoms with E-state index in [-0.39, 0.29) is 18.9 Å². The van der Waals surface area contributed by atoms with Crippen LogP contribution in [0.3, 0.4) is 0 Å². The molecule has 0 aliphatic carbocycles. The molecular formula is C15H19NO6. The summed E-state index contributed by atoms with van der Waals surface area (Å²) in [5.74, 6) is -0.326. The molecule has 0 aromatic heterocycles. The second kappa shape index (κ2) is 7.13. The lowest BCUT2D eigenvalue weighted by Gasteiger charge is -2.32. The lowest BCUT2D eigenvalue weighted by atomic mass is 10.1. The zero-order valence-corrected chi connectivity index (χ0v) is 12.6. The largest absolute Gasteiger partial charge is 0.493 e. The molecule has 0 bridgehead atoms. The summed E-state index contributed by atoms with van der Waals surface area (Å²) in [6, 6.07) is 5.08. The van der Waals surface area contributed by atoms with Gasteiger partial charge in [0.15, 0.2) is 11.5 Å². The number of hydrogen-bond donors (Lipinski definition) is 1. The zero-order valence-electron chi connectivity index (χ0n) is 12.6. The first-order valence-corrected chi connectivity index (χ1v) is 6.90. The molecule has 1 heterocycles. The number of hydrogen-bond acceptors (Lipinski definition) is 5. The van der Waals surface area contributed by atoms with Gasteiger partial charge in [0, 0.05) is 13.1 Å². The number of rotatable bonds is 5. The summed E-state index contributed by atoms with van der Waals surface area (Å²) in [6.07, 6.45) is -0.620. The first kappa shape index (κ1) is 16.1. The van der Waals surface area contributed by atoms with E-state index in [2.05, 4.69) is 0 Å². The summed E-state index contributed by atoms with van der Waals surface area (Å²) in [5.41, 5.74) is 0.387. The molecule has 1 N–H and O–H groups in total. The van der Waals surface area contributed by atoms with Gasteiger partial charge in [-0.1, -0.05) is 6.07 Å². The number of morpholine rings is 1. The Kier molecular flexibility index (Phi) is 5.21. The van der Waals surface area contributed by atoms with Crippen molar-refractivity contribution >= 4 is 11.9 Å². The third kappa shape index (κ3) is 3.48. The van der Waals surface area contributed by atoms with Gasteiger partial charge in [0.1, 0.15) is 0 Å². The van der Waals surface area contributed by atoms with Crippen molar-refractivity contribution < 1.29 is 28.9 Å². The van der Waals surface area contributed by atoms with Crippen LogP contribution in [0.4, 0.5) is 0 Å². The minimum Gasteiger partial charge on any atom is -0.493 e. The molecule has 22 heavy (non-hydrogen) atoms. The van der Waals surface area contributed by atoms with Gasteiger partial charge >= 0.3 is 5.97 Å². The number of carboxylic acids is 1. The van der Waals surface area contributed by atoms with Crippen molar-refractivity contribution in [2.24, 2.45) is 0 Å². The molecule has 1 aliphatic rings. The van der Waals surface area contributed by atoms with E-state index in [1.807, 2.05) is 0 Å². The Morgan fingerprint density at radius 1 is 1.36 bits per heavy atom.